The summed E-state index contributed by atoms with van der Waals surface area (Å²) in [6.45, 7) is 6.45. The van der Waals surface area contributed by atoms with Crippen molar-refractivity contribution in [3.63, 3.8) is 0 Å². The monoisotopic (exact) mass is 167 g/mol. The second-order valence-electron chi connectivity index (χ2n) is 2.92. The van der Waals surface area contributed by atoms with Crippen LogP contribution in [0.3, 0.4) is 0 Å². The third-order valence-electron chi connectivity index (χ3n) is 1.06. The van der Waals surface area contributed by atoms with Crippen LogP contribution >= 0.6 is 0 Å². The Morgan fingerprint density at radius 2 is 2.17 bits per heavy atom. The summed E-state index contributed by atoms with van der Waals surface area (Å²) in [5.41, 5.74) is -0.532. The zero-order valence-corrected chi connectivity index (χ0v) is 7.32. The fourth-order valence-corrected chi connectivity index (χ4v) is 0.518. The van der Waals surface area contributed by atoms with Gasteiger partial charge in [0.25, 0.3) is 0 Å². The number of carbonyl (C=O) groups is 1. The van der Waals surface area contributed by atoms with E-state index in [0.717, 1.165) is 0 Å². The average molecular weight is 167 g/mol. The van der Waals surface area contributed by atoms with E-state index in [-0.39, 0.29) is 0 Å². The molecule has 0 bridgehead atoms. The van der Waals surface area contributed by atoms with Gasteiger partial charge in [0.2, 0.25) is 0 Å². The smallest absolute Gasteiger partial charge is 0.151 e. The number of aldehydes is 1. The van der Waals surface area contributed by atoms with Crippen molar-refractivity contribution in [1.29, 1.82) is 0 Å². The highest BCUT2D eigenvalue weighted by atomic mass is 16.3. The molecule has 0 atom stereocenters. The van der Waals surface area contributed by atoms with Gasteiger partial charge in [0.15, 0.2) is 6.29 Å². The Balaban J connectivity index is 4.40. The maximum absolute atomic E-state index is 10.3. The summed E-state index contributed by atoms with van der Waals surface area (Å²) in [4.78, 5) is 13.8. The molecule has 3 nitrogen and oxygen atoms in total. The molecule has 0 spiro atoms. The molecular weight excluding hydrogens is 154 g/mol. The first-order valence-corrected chi connectivity index (χ1v) is 3.52. The molecule has 0 radical (unpaired) electrons. The van der Waals surface area contributed by atoms with Crippen molar-refractivity contribution >= 4 is 13.0 Å². The Hall–Kier alpha value is -1.22. The molecule has 3 heteroatoms. The van der Waals surface area contributed by atoms with Crippen LogP contribution in [-0.2, 0) is 4.79 Å². The maximum Gasteiger partial charge on any atom is 0.151 e. The number of allylic oxidation sites excluding steroid dienone is 2. The molecule has 0 aromatic rings. The van der Waals surface area contributed by atoms with E-state index in [2.05, 4.69) is 11.7 Å². The number of aliphatic imine (C=N–C) groups is 1. The molecular formula is C9H13NO2. The second kappa shape index (κ2) is 4.62. The molecule has 0 saturated heterocycles. The minimum absolute atomic E-state index is 0.382. The largest absolute Gasteiger partial charge is 0.386 e. The summed E-state index contributed by atoms with van der Waals surface area (Å²) >= 11 is 0. The van der Waals surface area contributed by atoms with Crippen molar-refractivity contribution in [2.24, 2.45) is 4.99 Å². The van der Waals surface area contributed by atoms with Gasteiger partial charge in [-0.3, -0.25) is 9.79 Å². The van der Waals surface area contributed by atoms with E-state index >= 15 is 0 Å². The fraction of sp³-hybridized carbons (Fsp3) is 0.333. The molecule has 0 unspecified atom stereocenters. The van der Waals surface area contributed by atoms with Crippen LogP contribution in [0.1, 0.15) is 13.8 Å². The van der Waals surface area contributed by atoms with Crippen molar-refractivity contribution in [3.8, 4) is 0 Å². The van der Waals surface area contributed by atoms with E-state index in [9.17, 15) is 9.90 Å². The van der Waals surface area contributed by atoms with Crippen LogP contribution in [0.25, 0.3) is 0 Å². The average Bonchev–Trinajstić information content (AvgIpc) is 1.96. The molecule has 66 valence electrons. The SMILES string of the molecule is C=N/C=C(C=O)\C=C\C(C)(C)O. The lowest BCUT2D eigenvalue weighted by molar-refractivity contribution is -0.104. The summed E-state index contributed by atoms with van der Waals surface area (Å²) in [7, 11) is 0. The van der Waals surface area contributed by atoms with E-state index in [1.165, 1.54) is 18.4 Å². The van der Waals surface area contributed by atoms with E-state index in [4.69, 9.17) is 0 Å². The minimum atomic E-state index is -0.913. The van der Waals surface area contributed by atoms with Gasteiger partial charge < -0.3 is 5.11 Å². The van der Waals surface area contributed by atoms with Crippen molar-refractivity contribution in [1.82, 2.24) is 0 Å². The summed E-state index contributed by atoms with van der Waals surface area (Å²) in [5, 5.41) is 9.25. The molecule has 0 rings (SSSR count). The van der Waals surface area contributed by atoms with Gasteiger partial charge in [-0.05, 0) is 20.6 Å². The van der Waals surface area contributed by atoms with Gasteiger partial charge in [-0.15, -0.1) is 0 Å². The summed E-state index contributed by atoms with van der Waals surface area (Å²) < 4.78 is 0. The topological polar surface area (TPSA) is 49.7 Å². The molecule has 0 saturated carbocycles. The highest BCUT2D eigenvalue weighted by Crippen LogP contribution is 2.04. The molecule has 0 aromatic heterocycles. The maximum atomic E-state index is 10.3. The third-order valence-corrected chi connectivity index (χ3v) is 1.06. The molecule has 0 aliphatic carbocycles. The highest BCUT2D eigenvalue weighted by molar-refractivity contribution is 5.77. The third kappa shape index (κ3) is 5.56. The first-order chi connectivity index (χ1) is 5.49. The summed E-state index contributed by atoms with van der Waals surface area (Å²) in [5.74, 6) is 0. The quantitative estimate of drug-likeness (QED) is 0.295. The van der Waals surface area contributed by atoms with Gasteiger partial charge >= 0.3 is 0 Å². The molecule has 0 fully saturated rings. The summed E-state index contributed by atoms with van der Waals surface area (Å²) in [6.07, 6.45) is 4.99. The van der Waals surface area contributed by atoms with Gasteiger partial charge in [-0.2, -0.15) is 0 Å². The number of hydrogen-bond acceptors (Lipinski definition) is 3. The van der Waals surface area contributed by atoms with Gasteiger partial charge in [-0.1, -0.05) is 12.2 Å². The van der Waals surface area contributed by atoms with Crippen molar-refractivity contribution < 1.29 is 9.90 Å². The Morgan fingerprint density at radius 3 is 2.50 bits per heavy atom. The van der Waals surface area contributed by atoms with Crippen LogP contribution in [0.15, 0.2) is 28.9 Å². The minimum Gasteiger partial charge on any atom is -0.386 e. The molecule has 0 aliphatic rings. The van der Waals surface area contributed by atoms with Crippen LogP contribution in [-0.4, -0.2) is 23.7 Å². The van der Waals surface area contributed by atoms with Gasteiger partial charge in [-0.25, -0.2) is 0 Å². The normalized spacial score (nSPS) is 13.4. The Bertz CT molecular complexity index is 221. The van der Waals surface area contributed by atoms with Gasteiger partial charge in [0.1, 0.15) is 0 Å². The number of aliphatic hydroxyl groups is 1. The zero-order valence-electron chi connectivity index (χ0n) is 7.32. The molecule has 0 aromatic carbocycles. The second-order valence-corrected chi connectivity index (χ2v) is 2.92. The van der Waals surface area contributed by atoms with Crippen molar-refractivity contribution in [2.45, 2.75) is 19.4 Å². The van der Waals surface area contributed by atoms with Crippen molar-refractivity contribution in [3.05, 3.63) is 23.9 Å². The lowest BCUT2D eigenvalue weighted by Crippen LogP contribution is -2.13. The molecule has 0 amide bonds. The Kier molecular flexibility index (Phi) is 4.15. The van der Waals surface area contributed by atoms with E-state index < -0.39 is 5.60 Å². The predicted octanol–water partition coefficient (Wildman–Crippen LogP) is 1.10. The predicted molar refractivity (Wildman–Crippen MR) is 49.1 cm³/mol. The van der Waals surface area contributed by atoms with Crippen molar-refractivity contribution in [2.75, 3.05) is 0 Å². The van der Waals surface area contributed by atoms with Crippen LogP contribution in [0.4, 0.5) is 0 Å². The lowest BCUT2D eigenvalue weighted by atomic mass is 10.1. The Morgan fingerprint density at radius 1 is 1.58 bits per heavy atom. The van der Waals surface area contributed by atoms with Crippen LogP contribution in [0.5, 0.6) is 0 Å². The lowest BCUT2D eigenvalue weighted by Gasteiger charge is -2.09. The van der Waals surface area contributed by atoms with Crippen LogP contribution < -0.4 is 0 Å². The van der Waals surface area contributed by atoms with Crippen LogP contribution in [0.2, 0.25) is 0 Å². The number of carbonyl (C=O) groups excluding carboxylic acids is 1. The molecule has 1 N–H and O–H groups in total. The zero-order chi connectivity index (χ0) is 9.61. The number of nitrogens with zero attached hydrogens (tertiary/aromatic N) is 1. The number of rotatable bonds is 4. The molecule has 0 aliphatic heterocycles. The molecule has 0 heterocycles. The Labute approximate surface area is 72.1 Å². The highest BCUT2D eigenvalue weighted by Gasteiger charge is 2.05. The summed E-state index contributed by atoms with van der Waals surface area (Å²) in [6, 6.07) is 0. The van der Waals surface area contributed by atoms with Crippen LogP contribution in [0, 0.1) is 0 Å². The first kappa shape index (κ1) is 10.8. The van der Waals surface area contributed by atoms with E-state index in [1.807, 2.05) is 0 Å². The van der Waals surface area contributed by atoms with Gasteiger partial charge in [0.05, 0.1) is 5.60 Å². The van der Waals surface area contributed by atoms with Gasteiger partial charge in [0, 0.05) is 11.8 Å². The van der Waals surface area contributed by atoms with E-state index in [0.29, 0.717) is 11.9 Å². The standard InChI is InChI=1S/C9H13NO2/c1-9(2,12)5-4-8(7-11)6-10-3/h4-7,12H,3H2,1-2H3/b5-4+,8-6+. The molecule has 12 heavy (non-hydrogen) atoms. The fourth-order valence-electron chi connectivity index (χ4n) is 0.518. The first-order valence-electron chi connectivity index (χ1n) is 3.52. The van der Waals surface area contributed by atoms with E-state index in [1.54, 1.807) is 13.8 Å². The number of hydrogen-bond donors (Lipinski definition) is 1.